The largest absolute Gasteiger partial charge is 0.497 e. The Balaban J connectivity index is 1.47. The second-order valence-corrected chi connectivity index (χ2v) is 8.78. The van der Waals surface area contributed by atoms with Crippen molar-refractivity contribution in [3.63, 3.8) is 0 Å². The standard InChI is InChI=1S/C24H33N3O5/c1-24(2,3)32-23(29)26-14-10-18(11-15-26)27-13-6-9-21(27)22(28)25-12-16-31-20-8-5-7-19(17-20)30-4/h5-9,13,17-18H,10-12,14-16H2,1-4H3,(H,25,28). The molecule has 0 radical (unpaired) electrons. The molecule has 1 aromatic heterocycles. The van der Waals surface area contributed by atoms with Gasteiger partial charge in [0.2, 0.25) is 0 Å². The minimum Gasteiger partial charge on any atom is -0.497 e. The Labute approximate surface area is 189 Å². The van der Waals surface area contributed by atoms with Crippen LogP contribution in [0.2, 0.25) is 0 Å². The molecule has 174 valence electrons. The summed E-state index contributed by atoms with van der Waals surface area (Å²) in [5.74, 6) is 1.28. The molecule has 3 rings (SSSR count). The number of rotatable bonds is 7. The summed E-state index contributed by atoms with van der Waals surface area (Å²) in [7, 11) is 1.61. The summed E-state index contributed by atoms with van der Waals surface area (Å²) in [4.78, 5) is 26.7. The van der Waals surface area contributed by atoms with E-state index in [1.165, 1.54) is 0 Å². The van der Waals surface area contributed by atoms with Gasteiger partial charge in [-0.25, -0.2) is 4.79 Å². The molecule has 0 bridgehead atoms. The van der Waals surface area contributed by atoms with Crippen LogP contribution in [0.25, 0.3) is 0 Å². The lowest BCUT2D eigenvalue weighted by atomic mass is 10.0. The van der Waals surface area contributed by atoms with Gasteiger partial charge in [-0.2, -0.15) is 0 Å². The molecule has 0 atom stereocenters. The van der Waals surface area contributed by atoms with Crippen LogP contribution in [-0.4, -0.2) is 60.4 Å². The zero-order valence-electron chi connectivity index (χ0n) is 19.3. The highest BCUT2D eigenvalue weighted by atomic mass is 16.6. The monoisotopic (exact) mass is 443 g/mol. The number of aromatic nitrogens is 1. The van der Waals surface area contributed by atoms with E-state index in [0.29, 0.717) is 37.7 Å². The van der Waals surface area contributed by atoms with E-state index in [1.807, 2.05) is 61.9 Å². The number of hydrogen-bond acceptors (Lipinski definition) is 5. The van der Waals surface area contributed by atoms with E-state index in [2.05, 4.69) is 5.32 Å². The first-order valence-corrected chi connectivity index (χ1v) is 11.0. The first-order chi connectivity index (χ1) is 15.3. The quantitative estimate of drug-likeness (QED) is 0.657. The molecular formula is C24H33N3O5. The minimum absolute atomic E-state index is 0.140. The molecule has 1 N–H and O–H groups in total. The van der Waals surface area contributed by atoms with Crippen LogP contribution < -0.4 is 14.8 Å². The first kappa shape index (κ1) is 23.5. The maximum Gasteiger partial charge on any atom is 0.410 e. The number of likely N-dealkylation sites (tertiary alicyclic amines) is 1. The van der Waals surface area contributed by atoms with Crippen molar-refractivity contribution in [2.24, 2.45) is 0 Å². The highest BCUT2D eigenvalue weighted by Crippen LogP contribution is 2.26. The maximum atomic E-state index is 12.7. The molecule has 0 unspecified atom stereocenters. The van der Waals surface area contributed by atoms with Crippen molar-refractivity contribution in [1.29, 1.82) is 0 Å². The fourth-order valence-corrected chi connectivity index (χ4v) is 3.67. The van der Waals surface area contributed by atoms with Crippen LogP contribution in [0, 0.1) is 0 Å². The smallest absolute Gasteiger partial charge is 0.410 e. The molecule has 2 aromatic rings. The van der Waals surface area contributed by atoms with Crippen LogP contribution in [0.5, 0.6) is 11.5 Å². The number of nitrogens with one attached hydrogen (secondary N) is 1. The number of methoxy groups -OCH3 is 1. The predicted octanol–water partition coefficient (Wildman–Crippen LogP) is 3.88. The van der Waals surface area contributed by atoms with Crippen molar-refractivity contribution in [3.05, 3.63) is 48.3 Å². The highest BCUT2D eigenvalue weighted by molar-refractivity contribution is 5.92. The highest BCUT2D eigenvalue weighted by Gasteiger charge is 2.28. The molecule has 1 fully saturated rings. The summed E-state index contributed by atoms with van der Waals surface area (Å²) in [6.07, 6.45) is 3.19. The number of piperidine rings is 1. The third-order valence-electron chi connectivity index (χ3n) is 5.22. The van der Waals surface area contributed by atoms with Crippen LogP contribution in [-0.2, 0) is 4.74 Å². The summed E-state index contributed by atoms with van der Waals surface area (Å²) < 4.78 is 18.3. The second kappa shape index (κ2) is 10.4. The van der Waals surface area contributed by atoms with Crippen molar-refractivity contribution in [2.75, 3.05) is 33.4 Å². The minimum atomic E-state index is -0.504. The number of carbonyl (C=O) groups is 2. The summed E-state index contributed by atoms with van der Waals surface area (Å²) in [6, 6.07) is 11.2. The molecule has 2 amide bonds. The summed E-state index contributed by atoms with van der Waals surface area (Å²) in [6.45, 7) is 7.55. The molecule has 1 aliphatic heterocycles. The Morgan fingerprint density at radius 2 is 1.81 bits per heavy atom. The molecule has 1 aliphatic rings. The molecule has 2 heterocycles. The summed E-state index contributed by atoms with van der Waals surface area (Å²) in [5.41, 5.74) is 0.109. The summed E-state index contributed by atoms with van der Waals surface area (Å²) >= 11 is 0. The molecule has 8 heteroatoms. The number of hydrogen-bond donors (Lipinski definition) is 1. The third-order valence-corrected chi connectivity index (χ3v) is 5.22. The van der Waals surface area contributed by atoms with Gasteiger partial charge in [-0.15, -0.1) is 0 Å². The lowest BCUT2D eigenvalue weighted by molar-refractivity contribution is 0.0187. The van der Waals surface area contributed by atoms with Gasteiger partial charge in [0.1, 0.15) is 29.4 Å². The van der Waals surface area contributed by atoms with E-state index >= 15 is 0 Å². The zero-order chi connectivity index (χ0) is 23.1. The topological polar surface area (TPSA) is 82.0 Å². The van der Waals surface area contributed by atoms with E-state index in [1.54, 1.807) is 18.1 Å². The van der Waals surface area contributed by atoms with Gasteiger partial charge < -0.3 is 29.0 Å². The Kier molecular flexibility index (Phi) is 7.66. The van der Waals surface area contributed by atoms with Gasteiger partial charge >= 0.3 is 6.09 Å². The average Bonchev–Trinajstić information content (AvgIpc) is 3.26. The van der Waals surface area contributed by atoms with Gasteiger partial charge in [0.25, 0.3) is 5.91 Å². The van der Waals surface area contributed by atoms with Crippen molar-refractivity contribution < 1.29 is 23.8 Å². The molecule has 0 spiro atoms. The molecule has 0 aliphatic carbocycles. The first-order valence-electron chi connectivity index (χ1n) is 11.0. The van der Waals surface area contributed by atoms with Crippen LogP contribution in [0.15, 0.2) is 42.6 Å². The van der Waals surface area contributed by atoms with Gasteiger partial charge in [0.05, 0.1) is 13.7 Å². The van der Waals surface area contributed by atoms with Crippen LogP contribution in [0.4, 0.5) is 4.79 Å². The van der Waals surface area contributed by atoms with Crippen LogP contribution in [0.1, 0.15) is 50.1 Å². The Morgan fingerprint density at radius 1 is 1.09 bits per heavy atom. The zero-order valence-corrected chi connectivity index (χ0v) is 19.3. The number of amides is 2. The van der Waals surface area contributed by atoms with Crippen molar-refractivity contribution in [1.82, 2.24) is 14.8 Å². The van der Waals surface area contributed by atoms with Crippen molar-refractivity contribution >= 4 is 12.0 Å². The number of ether oxygens (including phenoxy) is 3. The fourth-order valence-electron chi connectivity index (χ4n) is 3.67. The van der Waals surface area contributed by atoms with Crippen molar-refractivity contribution in [3.8, 4) is 11.5 Å². The van der Waals surface area contributed by atoms with Crippen LogP contribution >= 0.6 is 0 Å². The molecule has 32 heavy (non-hydrogen) atoms. The molecule has 1 saturated heterocycles. The van der Waals surface area contributed by atoms with Crippen LogP contribution in [0.3, 0.4) is 0 Å². The lowest BCUT2D eigenvalue weighted by Gasteiger charge is -2.34. The predicted molar refractivity (Wildman–Crippen MR) is 121 cm³/mol. The number of nitrogens with zero attached hydrogens (tertiary/aromatic N) is 2. The van der Waals surface area contributed by atoms with Crippen molar-refractivity contribution in [2.45, 2.75) is 45.3 Å². The van der Waals surface area contributed by atoms with Gasteiger partial charge in [-0.05, 0) is 57.9 Å². The number of carbonyl (C=O) groups excluding carboxylic acids is 2. The van der Waals surface area contributed by atoms with Gasteiger partial charge in [0, 0.05) is 31.4 Å². The van der Waals surface area contributed by atoms with E-state index in [0.717, 1.165) is 18.6 Å². The molecule has 0 saturated carbocycles. The third kappa shape index (κ3) is 6.42. The fraction of sp³-hybridized carbons (Fsp3) is 0.500. The SMILES string of the molecule is COc1cccc(OCCNC(=O)c2cccn2C2CCN(C(=O)OC(C)(C)C)CC2)c1. The Bertz CT molecular complexity index is 910. The average molecular weight is 444 g/mol. The van der Waals surface area contributed by atoms with Gasteiger partial charge in [-0.3, -0.25) is 4.79 Å². The van der Waals surface area contributed by atoms with E-state index in [4.69, 9.17) is 14.2 Å². The van der Waals surface area contributed by atoms with Gasteiger partial charge in [-0.1, -0.05) is 6.07 Å². The molecule has 8 nitrogen and oxygen atoms in total. The normalized spacial score (nSPS) is 14.7. The molecular weight excluding hydrogens is 410 g/mol. The number of benzene rings is 1. The Morgan fingerprint density at radius 3 is 2.50 bits per heavy atom. The van der Waals surface area contributed by atoms with Gasteiger partial charge in [0.15, 0.2) is 0 Å². The maximum absolute atomic E-state index is 12.7. The Hall–Kier alpha value is -3.16. The summed E-state index contributed by atoms with van der Waals surface area (Å²) in [5, 5.41) is 2.92. The van der Waals surface area contributed by atoms with E-state index in [-0.39, 0.29) is 18.0 Å². The second-order valence-electron chi connectivity index (χ2n) is 8.78. The molecule has 1 aromatic carbocycles. The van der Waals surface area contributed by atoms with E-state index in [9.17, 15) is 9.59 Å². The lowest BCUT2D eigenvalue weighted by Crippen LogP contribution is -2.42. The van der Waals surface area contributed by atoms with E-state index < -0.39 is 5.60 Å².